The minimum atomic E-state index is 0.553. The van der Waals surface area contributed by atoms with Gasteiger partial charge in [-0.1, -0.05) is 18.2 Å². The highest BCUT2D eigenvalue weighted by Gasteiger charge is 2.21. The second-order valence-corrected chi connectivity index (χ2v) is 8.48. The van der Waals surface area contributed by atoms with Crippen LogP contribution in [-0.4, -0.2) is 34.5 Å². The van der Waals surface area contributed by atoms with Gasteiger partial charge in [-0.05, 0) is 61.7 Å². The monoisotopic (exact) mass is 433 g/mol. The van der Waals surface area contributed by atoms with Crippen LogP contribution in [0.25, 0.3) is 0 Å². The van der Waals surface area contributed by atoms with Crippen molar-refractivity contribution in [3.8, 4) is 0 Å². The number of hydrogen-bond acceptors (Lipinski definition) is 8. The molecule has 31 heavy (non-hydrogen) atoms. The molecule has 0 amide bonds. The van der Waals surface area contributed by atoms with Gasteiger partial charge >= 0.3 is 0 Å². The van der Waals surface area contributed by atoms with Gasteiger partial charge in [0.2, 0.25) is 0 Å². The first-order valence-corrected chi connectivity index (χ1v) is 11.4. The largest absolute Gasteiger partial charge is 0.384 e. The fourth-order valence-electron chi connectivity index (χ4n) is 3.82. The van der Waals surface area contributed by atoms with Crippen LogP contribution in [0.15, 0.2) is 77.2 Å². The second-order valence-electron chi connectivity index (χ2n) is 7.59. The van der Waals surface area contributed by atoms with Crippen LogP contribution in [0.1, 0.15) is 30.0 Å². The molecule has 1 aromatic carbocycles. The van der Waals surface area contributed by atoms with E-state index in [1.165, 1.54) is 5.56 Å². The van der Waals surface area contributed by atoms with E-state index in [2.05, 4.69) is 54.9 Å². The zero-order valence-corrected chi connectivity index (χ0v) is 18.2. The Balaban J connectivity index is 1.27. The van der Waals surface area contributed by atoms with E-state index in [4.69, 9.17) is 5.53 Å². The molecule has 0 atom stereocenters. The summed E-state index contributed by atoms with van der Waals surface area (Å²) in [6.45, 7) is 3.33. The van der Waals surface area contributed by atoms with Gasteiger partial charge in [-0.15, -0.1) is 11.3 Å². The summed E-state index contributed by atoms with van der Waals surface area (Å²) in [4.78, 5) is 11.0. The smallest absolute Gasteiger partial charge is 0.187 e. The zero-order valence-electron chi connectivity index (χ0n) is 17.4. The molecule has 4 rings (SSSR count). The van der Waals surface area contributed by atoms with E-state index in [0.717, 1.165) is 48.1 Å². The number of thiazole rings is 1. The maximum atomic E-state index is 7.50. The molecule has 7 nitrogen and oxygen atoms in total. The van der Waals surface area contributed by atoms with Gasteiger partial charge in [0.15, 0.2) is 5.13 Å². The molecular weight excluding hydrogens is 406 g/mol. The molecule has 3 aromatic rings. The third kappa shape index (κ3) is 6.19. The summed E-state index contributed by atoms with van der Waals surface area (Å²) in [6.07, 6.45) is 7.64. The Morgan fingerprint density at radius 1 is 1.16 bits per heavy atom. The molecule has 2 aromatic heterocycles. The van der Waals surface area contributed by atoms with Crippen molar-refractivity contribution in [2.24, 2.45) is 5.11 Å². The number of nitrogens with one attached hydrogen (secondary N) is 3. The minimum Gasteiger partial charge on any atom is -0.384 e. The summed E-state index contributed by atoms with van der Waals surface area (Å²) >= 11 is 1.60. The summed E-state index contributed by atoms with van der Waals surface area (Å²) in [5.41, 5.74) is 11.7. The zero-order chi connectivity index (χ0) is 21.3. The van der Waals surface area contributed by atoms with Crippen molar-refractivity contribution in [3.63, 3.8) is 0 Å². The number of likely N-dealkylation sites (tertiary alicyclic amines) is 1. The Hall–Kier alpha value is -3.10. The van der Waals surface area contributed by atoms with Crippen LogP contribution in [0.2, 0.25) is 0 Å². The molecule has 0 spiro atoms. The molecule has 0 bridgehead atoms. The summed E-state index contributed by atoms with van der Waals surface area (Å²) in [6, 6.07) is 14.5. The predicted molar refractivity (Wildman–Crippen MR) is 125 cm³/mol. The lowest BCUT2D eigenvalue weighted by Gasteiger charge is -2.32. The molecule has 3 heterocycles. The highest BCUT2D eigenvalue weighted by Crippen LogP contribution is 2.30. The van der Waals surface area contributed by atoms with E-state index in [1.807, 2.05) is 36.0 Å². The van der Waals surface area contributed by atoms with Gasteiger partial charge in [0.1, 0.15) is 0 Å². The van der Waals surface area contributed by atoms with E-state index in [-0.39, 0.29) is 0 Å². The predicted octanol–water partition coefficient (Wildman–Crippen LogP) is 5.12. The Kier molecular flexibility index (Phi) is 7.36. The molecule has 0 radical (unpaired) electrons. The van der Waals surface area contributed by atoms with E-state index in [1.54, 1.807) is 17.5 Å². The highest BCUT2D eigenvalue weighted by molar-refractivity contribution is 7.13. The normalized spacial score (nSPS) is 15.5. The third-order valence-corrected chi connectivity index (χ3v) is 6.12. The van der Waals surface area contributed by atoms with Crippen LogP contribution >= 0.6 is 11.3 Å². The fraction of sp³-hybridized carbons (Fsp3) is 0.304. The number of nitrogens with zero attached hydrogens (tertiary/aromatic N) is 4. The van der Waals surface area contributed by atoms with E-state index < -0.39 is 0 Å². The average Bonchev–Trinajstić information content (AvgIpc) is 3.33. The lowest BCUT2D eigenvalue weighted by Crippen LogP contribution is -2.34. The number of rotatable bonds is 9. The van der Waals surface area contributed by atoms with Crippen molar-refractivity contribution in [1.29, 1.82) is 5.53 Å². The molecule has 1 aliphatic rings. The molecule has 1 fully saturated rings. The molecule has 1 aliphatic heterocycles. The maximum absolute atomic E-state index is 7.50. The lowest BCUT2D eigenvalue weighted by atomic mass is 9.89. The van der Waals surface area contributed by atoms with Gasteiger partial charge in [0.05, 0.1) is 17.9 Å². The van der Waals surface area contributed by atoms with Gasteiger partial charge in [0.25, 0.3) is 0 Å². The van der Waals surface area contributed by atoms with Gasteiger partial charge in [0, 0.05) is 36.2 Å². The molecule has 0 saturated carbocycles. The molecular formula is C23H27N7S. The number of piperidine rings is 1. The topological polar surface area (TPSA) is 89.3 Å². The summed E-state index contributed by atoms with van der Waals surface area (Å²) < 4.78 is 0. The van der Waals surface area contributed by atoms with Crippen LogP contribution in [0, 0.1) is 5.53 Å². The molecule has 3 N–H and O–H groups in total. The van der Waals surface area contributed by atoms with Crippen molar-refractivity contribution in [2.45, 2.75) is 25.3 Å². The molecule has 8 heteroatoms. The van der Waals surface area contributed by atoms with Gasteiger partial charge in [-0.25, -0.2) is 10.5 Å². The summed E-state index contributed by atoms with van der Waals surface area (Å²) in [5, 5.41) is 13.2. The highest BCUT2D eigenvalue weighted by atomic mass is 32.1. The number of pyridine rings is 1. The van der Waals surface area contributed by atoms with Crippen molar-refractivity contribution in [2.75, 3.05) is 25.0 Å². The van der Waals surface area contributed by atoms with E-state index in [9.17, 15) is 0 Å². The average molecular weight is 434 g/mol. The second kappa shape index (κ2) is 10.8. The number of aromatic nitrogens is 2. The molecule has 160 valence electrons. The van der Waals surface area contributed by atoms with Crippen LogP contribution in [-0.2, 0) is 6.54 Å². The number of hydrogen-bond donors (Lipinski definition) is 3. The van der Waals surface area contributed by atoms with Gasteiger partial charge < -0.3 is 10.6 Å². The van der Waals surface area contributed by atoms with Crippen LogP contribution in [0.4, 0.5) is 10.8 Å². The molecule has 0 unspecified atom stereocenters. The van der Waals surface area contributed by atoms with E-state index in [0.29, 0.717) is 19.0 Å². The number of anilines is 2. The first kappa shape index (κ1) is 21.1. The van der Waals surface area contributed by atoms with Crippen LogP contribution < -0.4 is 10.6 Å². The van der Waals surface area contributed by atoms with Gasteiger partial charge in [-0.2, -0.15) is 5.11 Å². The maximum Gasteiger partial charge on any atom is 0.187 e. The molecule has 0 aliphatic carbocycles. The van der Waals surface area contributed by atoms with E-state index >= 15 is 0 Å². The lowest BCUT2D eigenvalue weighted by molar-refractivity contribution is 0.227. The van der Waals surface area contributed by atoms with Crippen LogP contribution in [0.5, 0.6) is 0 Å². The van der Waals surface area contributed by atoms with Crippen molar-refractivity contribution in [1.82, 2.24) is 20.2 Å². The number of benzene rings is 1. The summed E-state index contributed by atoms with van der Waals surface area (Å²) in [5.74, 6) is 0.553. The van der Waals surface area contributed by atoms with Crippen molar-refractivity contribution < 1.29 is 0 Å². The SMILES string of the molecule is N=N/C(=C\NCc1ccccn1)CN1CCC(c2cccc(Nc3nccs3)c2)CC1. The Bertz CT molecular complexity index is 980. The standard InChI is InChI=1S/C23H27N7S/c24-29-22(16-25-15-21-5-1-2-9-26-21)17-30-11-7-18(8-12-30)19-4-3-6-20(14-19)28-23-27-10-13-31-23/h1-6,9-10,13-14,16,18,24-25H,7-8,11-12,15,17H2,(H,27,28)/b22-16-,29-24?. The van der Waals surface area contributed by atoms with Crippen LogP contribution in [0.3, 0.4) is 0 Å². The Labute approximate surface area is 186 Å². The third-order valence-electron chi connectivity index (χ3n) is 5.44. The van der Waals surface area contributed by atoms with Gasteiger partial charge in [-0.3, -0.25) is 9.88 Å². The first-order chi connectivity index (χ1) is 15.3. The van der Waals surface area contributed by atoms with Crippen molar-refractivity contribution in [3.05, 3.63) is 83.4 Å². The van der Waals surface area contributed by atoms with Crippen molar-refractivity contribution >= 4 is 22.2 Å². The fourth-order valence-corrected chi connectivity index (χ4v) is 4.37. The Morgan fingerprint density at radius 3 is 2.81 bits per heavy atom. The Morgan fingerprint density at radius 2 is 2.06 bits per heavy atom. The minimum absolute atomic E-state index is 0.553. The summed E-state index contributed by atoms with van der Waals surface area (Å²) in [7, 11) is 0. The molecule has 1 saturated heterocycles. The quantitative estimate of drug-likeness (QED) is 0.407. The first-order valence-electron chi connectivity index (χ1n) is 10.5.